The first-order valence-corrected chi connectivity index (χ1v) is 6.19. The number of hydrogen-bond donors (Lipinski definition) is 0. The third-order valence-electron chi connectivity index (χ3n) is 2.74. The zero-order valence-electron chi connectivity index (χ0n) is 11.8. The molecule has 0 N–H and O–H groups in total. The van der Waals surface area contributed by atoms with E-state index in [0.29, 0.717) is 11.6 Å². The molecule has 102 valence electrons. The SMILES string of the molecule is CCC/C=N/n1c([C@H](C)OC)nnc1[C@H](C)OC. The molecule has 0 saturated heterocycles. The van der Waals surface area contributed by atoms with Crippen LogP contribution in [0, 0.1) is 0 Å². The van der Waals surface area contributed by atoms with Crippen LogP contribution < -0.4 is 0 Å². The monoisotopic (exact) mass is 254 g/mol. The van der Waals surface area contributed by atoms with E-state index < -0.39 is 0 Å². The molecule has 0 bridgehead atoms. The topological polar surface area (TPSA) is 61.5 Å². The minimum absolute atomic E-state index is 0.158. The number of unbranched alkanes of at least 4 members (excludes halogenated alkanes) is 1. The van der Waals surface area contributed by atoms with Gasteiger partial charge >= 0.3 is 0 Å². The van der Waals surface area contributed by atoms with Crippen LogP contribution in [0.4, 0.5) is 0 Å². The molecule has 6 heteroatoms. The Hall–Kier alpha value is -1.27. The van der Waals surface area contributed by atoms with E-state index in [-0.39, 0.29) is 12.2 Å². The maximum Gasteiger partial charge on any atom is 0.183 e. The van der Waals surface area contributed by atoms with Crippen molar-refractivity contribution in [3.63, 3.8) is 0 Å². The predicted molar refractivity (Wildman–Crippen MR) is 69.7 cm³/mol. The maximum absolute atomic E-state index is 5.27. The first-order chi connectivity index (χ1) is 8.65. The van der Waals surface area contributed by atoms with Crippen molar-refractivity contribution in [3.05, 3.63) is 11.6 Å². The van der Waals surface area contributed by atoms with E-state index in [4.69, 9.17) is 9.47 Å². The summed E-state index contributed by atoms with van der Waals surface area (Å²) in [5.41, 5.74) is 0. The molecular weight excluding hydrogens is 232 g/mol. The van der Waals surface area contributed by atoms with E-state index in [1.807, 2.05) is 20.1 Å². The Bertz CT molecular complexity index is 362. The van der Waals surface area contributed by atoms with Crippen LogP contribution in [0.15, 0.2) is 5.10 Å². The zero-order chi connectivity index (χ0) is 13.5. The first kappa shape index (κ1) is 14.8. The van der Waals surface area contributed by atoms with Crippen molar-refractivity contribution in [1.82, 2.24) is 14.9 Å². The molecule has 1 rings (SSSR count). The normalized spacial score (nSPS) is 15.2. The molecule has 0 radical (unpaired) electrons. The van der Waals surface area contributed by atoms with Crippen LogP contribution in [0.5, 0.6) is 0 Å². The number of nitrogens with zero attached hydrogens (tertiary/aromatic N) is 4. The zero-order valence-corrected chi connectivity index (χ0v) is 11.8. The highest BCUT2D eigenvalue weighted by Gasteiger charge is 2.20. The van der Waals surface area contributed by atoms with Crippen LogP contribution in [0.25, 0.3) is 0 Å². The van der Waals surface area contributed by atoms with E-state index in [9.17, 15) is 0 Å². The Balaban J connectivity index is 3.08. The summed E-state index contributed by atoms with van der Waals surface area (Å²) >= 11 is 0. The van der Waals surface area contributed by atoms with E-state index in [0.717, 1.165) is 12.8 Å². The summed E-state index contributed by atoms with van der Waals surface area (Å²) in [5, 5.41) is 12.7. The highest BCUT2D eigenvalue weighted by molar-refractivity contribution is 5.56. The third kappa shape index (κ3) is 3.36. The van der Waals surface area contributed by atoms with Gasteiger partial charge in [-0.05, 0) is 20.3 Å². The fourth-order valence-electron chi connectivity index (χ4n) is 1.41. The lowest BCUT2D eigenvalue weighted by molar-refractivity contribution is 0.101. The van der Waals surface area contributed by atoms with Gasteiger partial charge in [0.25, 0.3) is 0 Å². The van der Waals surface area contributed by atoms with Crippen LogP contribution in [0.2, 0.25) is 0 Å². The number of aromatic nitrogens is 3. The average Bonchev–Trinajstić information content (AvgIpc) is 2.81. The lowest BCUT2D eigenvalue weighted by Gasteiger charge is -2.12. The Morgan fingerprint density at radius 1 is 1.17 bits per heavy atom. The van der Waals surface area contributed by atoms with E-state index >= 15 is 0 Å². The van der Waals surface area contributed by atoms with E-state index in [1.165, 1.54) is 0 Å². The lowest BCUT2D eigenvalue weighted by Crippen LogP contribution is -2.10. The van der Waals surface area contributed by atoms with Gasteiger partial charge in [0.2, 0.25) is 0 Å². The van der Waals surface area contributed by atoms with Crippen LogP contribution in [-0.4, -0.2) is 35.3 Å². The second kappa shape index (κ2) is 7.23. The molecule has 0 fully saturated rings. The predicted octanol–water partition coefficient (Wildman–Crippen LogP) is 2.33. The van der Waals surface area contributed by atoms with Crippen molar-refractivity contribution in [3.8, 4) is 0 Å². The molecule has 1 aromatic heterocycles. The molecule has 6 nitrogen and oxygen atoms in total. The molecule has 1 aromatic rings. The van der Waals surface area contributed by atoms with Gasteiger partial charge in [-0.1, -0.05) is 13.3 Å². The van der Waals surface area contributed by atoms with Gasteiger partial charge in [-0.15, -0.1) is 10.2 Å². The van der Waals surface area contributed by atoms with Gasteiger partial charge in [-0.25, -0.2) is 0 Å². The fourth-order valence-corrected chi connectivity index (χ4v) is 1.41. The van der Waals surface area contributed by atoms with Gasteiger partial charge in [0.1, 0.15) is 12.2 Å². The van der Waals surface area contributed by atoms with Gasteiger partial charge < -0.3 is 9.47 Å². The molecular formula is C12H22N4O2. The van der Waals surface area contributed by atoms with Crippen molar-refractivity contribution >= 4 is 6.21 Å². The molecule has 0 unspecified atom stereocenters. The number of methoxy groups -OCH3 is 2. The highest BCUT2D eigenvalue weighted by atomic mass is 16.5. The summed E-state index contributed by atoms with van der Waals surface area (Å²) in [7, 11) is 3.28. The average molecular weight is 254 g/mol. The molecule has 0 aliphatic carbocycles. The molecule has 0 spiro atoms. The molecule has 0 aliphatic heterocycles. The third-order valence-corrected chi connectivity index (χ3v) is 2.74. The smallest absolute Gasteiger partial charge is 0.183 e. The molecule has 0 saturated carbocycles. The van der Waals surface area contributed by atoms with Crippen LogP contribution in [0.1, 0.15) is 57.5 Å². The van der Waals surface area contributed by atoms with Crippen molar-refractivity contribution in [1.29, 1.82) is 0 Å². The summed E-state index contributed by atoms with van der Waals surface area (Å²) in [6.07, 6.45) is 3.51. The molecule has 1 heterocycles. The number of rotatable bonds is 7. The second-order valence-electron chi connectivity index (χ2n) is 4.07. The standard InChI is InChI=1S/C12H22N4O2/c1-6-7-8-13-16-11(9(2)17-4)14-15-12(16)10(3)18-5/h8-10H,6-7H2,1-5H3/b13-8+/t9-,10-/m0/s1. The number of hydrogen-bond acceptors (Lipinski definition) is 5. The van der Waals surface area contributed by atoms with Crippen molar-refractivity contribution < 1.29 is 9.47 Å². The summed E-state index contributed by atoms with van der Waals surface area (Å²) in [5.74, 6) is 1.37. The Morgan fingerprint density at radius 3 is 2.06 bits per heavy atom. The summed E-state index contributed by atoms with van der Waals surface area (Å²) < 4.78 is 12.3. The lowest BCUT2D eigenvalue weighted by atomic mass is 10.3. The molecule has 0 aliphatic rings. The minimum atomic E-state index is -0.158. The Labute approximate surface area is 108 Å². The largest absolute Gasteiger partial charge is 0.374 e. The Morgan fingerprint density at radius 2 is 1.67 bits per heavy atom. The van der Waals surface area contributed by atoms with Crippen LogP contribution >= 0.6 is 0 Å². The molecule has 0 amide bonds. The van der Waals surface area contributed by atoms with Gasteiger partial charge in [-0.3, -0.25) is 0 Å². The first-order valence-electron chi connectivity index (χ1n) is 6.19. The van der Waals surface area contributed by atoms with Crippen LogP contribution in [0.3, 0.4) is 0 Å². The van der Waals surface area contributed by atoms with Gasteiger partial charge in [0.15, 0.2) is 11.6 Å². The van der Waals surface area contributed by atoms with Gasteiger partial charge in [0.05, 0.1) is 0 Å². The molecule has 0 aromatic carbocycles. The fraction of sp³-hybridized carbons (Fsp3) is 0.750. The molecule has 18 heavy (non-hydrogen) atoms. The van der Waals surface area contributed by atoms with Crippen molar-refractivity contribution in [2.75, 3.05) is 14.2 Å². The summed E-state index contributed by atoms with van der Waals surface area (Å²) in [6.45, 7) is 5.93. The van der Waals surface area contributed by atoms with Gasteiger partial charge in [0, 0.05) is 20.4 Å². The Kier molecular flexibility index (Phi) is 5.94. The van der Waals surface area contributed by atoms with Gasteiger partial charge in [-0.2, -0.15) is 9.78 Å². The van der Waals surface area contributed by atoms with Crippen molar-refractivity contribution in [2.24, 2.45) is 5.10 Å². The van der Waals surface area contributed by atoms with E-state index in [2.05, 4.69) is 22.2 Å². The highest BCUT2D eigenvalue weighted by Crippen LogP contribution is 2.20. The molecule has 2 atom stereocenters. The van der Waals surface area contributed by atoms with E-state index in [1.54, 1.807) is 18.9 Å². The summed E-state index contributed by atoms with van der Waals surface area (Å²) in [6, 6.07) is 0. The second-order valence-corrected chi connectivity index (χ2v) is 4.07. The van der Waals surface area contributed by atoms with Crippen LogP contribution in [-0.2, 0) is 9.47 Å². The maximum atomic E-state index is 5.27. The quantitative estimate of drug-likeness (QED) is 0.701. The summed E-state index contributed by atoms with van der Waals surface area (Å²) in [4.78, 5) is 0. The number of ether oxygens (including phenoxy) is 2. The minimum Gasteiger partial charge on any atom is -0.374 e. The van der Waals surface area contributed by atoms with Crippen molar-refractivity contribution in [2.45, 2.75) is 45.8 Å².